The topological polar surface area (TPSA) is 46.2 Å². The fourth-order valence-electron chi connectivity index (χ4n) is 3.43. The van der Waals surface area contributed by atoms with Crippen LogP contribution in [0.5, 0.6) is 0 Å². The number of aryl methyl sites for hydroxylation is 1. The second kappa shape index (κ2) is 3.31. The molecule has 3 rings (SSSR count). The Morgan fingerprint density at radius 3 is 2.62 bits per heavy atom. The molecule has 1 fully saturated rings. The summed E-state index contributed by atoms with van der Waals surface area (Å²) in [6.07, 6.45) is 5.27. The van der Waals surface area contributed by atoms with Crippen molar-refractivity contribution >= 4 is 0 Å². The summed E-state index contributed by atoms with van der Waals surface area (Å²) in [5, 5.41) is 11.0. The van der Waals surface area contributed by atoms with Crippen LogP contribution in [0, 0.1) is 5.41 Å². The van der Waals surface area contributed by atoms with Crippen molar-refractivity contribution < 1.29 is 5.11 Å². The van der Waals surface area contributed by atoms with Crippen molar-refractivity contribution in [3.63, 3.8) is 0 Å². The van der Waals surface area contributed by atoms with Crippen molar-refractivity contribution in [2.24, 2.45) is 11.1 Å². The van der Waals surface area contributed by atoms with Crippen LogP contribution in [-0.2, 0) is 12.0 Å². The molecule has 2 aliphatic carbocycles. The SMILES string of the molecule is NCCC1(O)c2ccccc2CCC12CC2. The quantitative estimate of drug-likeness (QED) is 0.795. The van der Waals surface area contributed by atoms with Gasteiger partial charge in [-0.05, 0) is 49.8 Å². The lowest BCUT2D eigenvalue weighted by atomic mass is 9.67. The zero-order valence-corrected chi connectivity index (χ0v) is 9.58. The van der Waals surface area contributed by atoms with E-state index in [-0.39, 0.29) is 5.41 Å². The molecule has 16 heavy (non-hydrogen) atoms. The molecule has 2 aliphatic rings. The highest BCUT2D eigenvalue weighted by atomic mass is 16.3. The summed E-state index contributed by atoms with van der Waals surface area (Å²) in [5.74, 6) is 0. The predicted octanol–water partition coefficient (Wildman–Crippen LogP) is 1.95. The van der Waals surface area contributed by atoms with Crippen LogP contribution in [0.15, 0.2) is 24.3 Å². The van der Waals surface area contributed by atoms with Crippen molar-refractivity contribution in [1.29, 1.82) is 0 Å². The Balaban J connectivity index is 2.11. The number of benzene rings is 1. The summed E-state index contributed by atoms with van der Waals surface area (Å²) in [7, 11) is 0. The van der Waals surface area contributed by atoms with Gasteiger partial charge in [0.15, 0.2) is 0 Å². The molecule has 3 N–H and O–H groups in total. The van der Waals surface area contributed by atoms with Gasteiger partial charge in [0.05, 0.1) is 5.60 Å². The molecule has 0 aliphatic heterocycles. The minimum atomic E-state index is -0.656. The lowest BCUT2D eigenvalue weighted by Crippen LogP contribution is -2.42. The summed E-state index contributed by atoms with van der Waals surface area (Å²) in [6, 6.07) is 8.32. The average Bonchev–Trinajstić information content (AvgIpc) is 3.07. The van der Waals surface area contributed by atoms with Gasteiger partial charge in [-0.25, -0.2) is 0 Å². The third-order valence-electron chi connectivity index (χ3n) is 4.57. The van der Waals surface area contributed by atoms with Crippen molar-refractivity contribution in [2.45, 2.75) is 37.7 Å². The number of aliphatic hydroxyl groups is 1. The number of rotatable bonds is 2. The maximum atomic E-state index is 11.0. The fraction of sp³-hybridized carbons (Fsp3) is 0.571. The zero-order chi connectivity index (χ0) is 11.2. The third kappa shape index (κ3) is 1.20. The molecule has 1 spiro atoms. The molecule has 2 nitrogen and oxygen atoms in total. The molecular weight excluding hydrogens is 198 g/mol. The van der Waals surface area contributed by atoms with Crippen LogP contribution in [0.4, 0.5) is 0 Å². The first-order valence-corrected chi connectivity index (χ1v) is 6.23. The standard InChI is InChI=1S/C14H19NO/c15-10-9-14(16)12-4-2-1-3-11(12)5-6-13(14)7-8-13/h1-4,16H,5-10,15H2. The molecule has 86 valence electrons. The van der Waals surface area contributed by atoms with E-state index in [0.717, 1.165) is 31.2 Å². The van der Waals surface area contributed by atoms with Crippen molar-refractivity contribution in [1.82, 2.24) is 0 Å². The maximum Gasteiger partial charge on any atom is 0.0967 e. The first-order valence-electron chi connectivity index (χ1n) is 6.23. The van der Waals surface area contributed by atoms with Gasteiger partial charge in [0.25, 0.3) is 0 Å². The molecule has 1 aromatic carbocycles. The molecule has 1 saturated carbocycles. The van der Waals surface area contributed by atoms with Crippen molar-refractivity contribution in [3.05, 3.63) is 35.4 Å². The molecule has 0 bridgehead atoms. The van der Waals surface area contributed by atoms with E-state index in [1.54, 1.807) is 0 Å². The second-order valence-corrected chi connectivity index (χ2v) is 5.34. The van der Waals surface area contributed by atoms with Gasteiger partial charge in [0.1, 0.15) is 0 Å². The molecule has 0 heterocycles. The molecule has 1 unspecified atom stereocenters. The summed E-state index contributed by atoms with van der Waals surface area (Å²) in [5.41, 5.74) is 7.65. The molecule has 0 amide bonds. The number of hydrogen-bond donors (Lipinski definition) is 2. The molecule has 0 saturated heterocycles. The Kier molecular flexibility index (Phi) is 2.13. The highest BCUT2D eigenvalue weighted by Crippen LogP contribution is 2.64. The number of hydrogen-bond acceptors (Lipinski definition) is 2. The Bertz CT molecular complexity index is 411. The largest absolute Gasteiger partial charge is 0.385 e. The minimum absolute atomic E-state index is 0.153. The van der Waals surface area contributed by atoms with Gasteiger partial charge in [-0.15, -0.1) is 0 Å². The van der Waals surface area contributed by atoms with Gasteiger partial charge in [0.2, 0.25) is 0 Å². The Hall–Kier alpha value is -0.860. The highest BCUT2D eigenvalue weighted by molar-refractivity contribution is 5.39. The maximum absolute atomic E-state index is 11.0. The first kappa shape index (κ1) is 10.3. The van der Waals surface area contributed by atoms with Crippen LogP contribution >= 0.6 is 0 Å². The van der Waals surface area contributed by atoms with E-state index in [0.29, 0.717) is 13.0 Å². The summed E-state index contributed by atoms with van der Waals surface area (Å²) in [4.78, 5) is 0. The Labute approximate surface area is 96.5 Å². The van der Waals surface area contributed by atoms with Gasteiger partial charge >= 0.3 is 0 Å². The second-order valence-electron chi connectivity index (χ2n) is 5.34. The van der Waals surface area contributed by atoms with Crippen LogP contribution in [0.25, 0.3) is 0 Å². The van der Waals surface area contributed by atoms with Crippen LogP contribution < -0.4 is 5.73 Å². The lowest BCUT2D eigenvalue weighted by Gasteiger charge is -2.42. The van der Waals surface area contributed by atoms with Crippen LogP contribution in [0.3, 0.4) is 0 Å². The van der Waals surface area contributed by atoms with Crippen molar-refractivity contribution in [3.8, 4) is 0 Å². The fourth-order valence-corrected chi connectivity index (χ4v) is 3.43. The van der Waals surface area contributed by atoms with Gasteiger partial charge in [-0.2, -0.15) is 0 Å². The number of fused-ring (bicyclic) bond motifs is 1. The summed E-state index contributed by atoms with van der Waals surface area (Å²) >= 11 is 0. The van der Waals surface area contributed by atoms with Gasteiger partial charge in [-0.3, -0.25) is 0 Å². The van der Waals surface area contributed by atoms with E-state index >= 15 is 0 Å². The van der Waals surface area contributed by atoms with Crippen LogP contribution in [0.2, 0.25) is 0 Å². The normalized spacial score (nSPS) is 30.1. The Morgan fingerprint density at radius 2 is 1.94 bits per heavy atom. The first-order chi connectivity index (χ1) is 7.72. The predicted molar refractivity (Wildman–Crippen MR) is 64.0 cm³/mol. The van der Waals surface area contributed by atoms with E-state index in [9.17, 15) is 5.11 Å². The summed E-state index contributed by atoms with van der Waals surface area (Å²) in [6.45, 7) is 0.562. The van der Waals surface area contributed by atoms with E-state index in [1.807, 2.05) is 6.07 Å². The average molecular weight is 217 g/mol. The smallest absolute Gasteiger partial charge is 0.0967 e. The molecule has 1 atom stereocenters. The minimum Gasteiger partial charge on any atom is -0.385 e. The van der Waals surface area contributed by atoms with E-state index < -0.39 is 5.60 Å². The van der Waals surface area contributed by atoms with Crippen LogP contribution in [-0.4, -0.2) is 11.7 Å². The number of nitrogens with two attached hydrogens (primary N) is 1. The van der Waals surface area contributed by atoms with E-state index in [2.05, 4.69) is 18.2 Å². The summed E-state index contributed by atoms with van der Waals surface area (Å²) < 4.78 is 0. The monoisotopic (exact) mass is 217 g/mol. The molecule has 1 aromatic rings. The molecule has 0 radical (unpaired) electrons. The molecule has 0 aromatic heterocycles. The van der Waals surface area contributed by atoms with Crippen molar-refractivity contribution in [2.75, 3.05) is 6.54 Å². The van der Waals surface area contributed by atoms with E-state index in [1.165, 1.54) is 5.56 Å². The van der Waals surface area contributed by atoms with Gasteiger partial charge in [-0.1, -0.05) is 24.3 Å². The molecular formula is C14H19NO. The zero-order valence-electron chi connectivity index (χ0n) is 9.58. The Morgan fingerprint density at radius 1 is 1.19 bits per heavy atom. The van der Waals surface area contributed by atoms with E-state index in [4.69, 9.17) is 5.73 Å². The lowest BCUT2D eigenvalue weighted by molar-refractivity contribution is -0.0558. The van der Waals surface area contributed by atoms with Gasteiger partial charge < -0.3 is 10.8 Å². The van der Waals surface area contributed by atoms with Crippen LogP contribution in [0.1, 0.15) is 36.8 Å². The highest BCUT2D eigenvalue weighted by Gasteiger charge is 2.60. The third-order valence-corrected chi connectivity index (χ3v) is 4.57. The van der Waals surface area contributed by atoms with Gasteiger partial charge in [0, 0.05) is 5.41 Å². The molecule has 2 heteroatoms.